The number of H-pyrrole nitrogens is 2. The molecule has 4 saturated heterocycles. The number of imidazole rings is 2. The number of carbonyl (C=O) groups excluding carboxylic acids is 4. The van der Waals surface area contributed by atoms with Gasteiger partial charge < -0.3 is 49.3 Å². The lowest BCUT2D eigenvalue weighted by molar-refractivity contribution is -0.139. The lowest BCUT2D eigenvalue weighted by Gasteiger charge is -2.36. The number of hydrogen-bond acceptors (Lipinski definition) is 10. The number of rotatable bonds is 8. The highest BCUT2D eigenvalue weighted by atomic mass is 16.5. The summed E-state index contributed by atoms with van der Waals surface area (Å²) < 4.78 is 21.0. The standard InChI is InChI=1S/C54H58N8O8/c1-31-9-19-43(61(31)51(63)45(59-53(65)67-3)35-21-25-69-26-22-35)49-55-41-17-13-37-29-33(11-15-39(37)47(41)57-49)7-5-6-8-34-12-16-40-38(30-34)14-18-42-48(40)58-50(56-42)44-20-10-32(2)62(44)52(64)46(60-54(66)68-4)36-23-27-70-28-24-36/h11-18,29-32,35-36,43-46H,9-10,19-28H2,1-4H3,(H,55,57)(H,56,58)(H,59,65)(H,60,66)/t31-,32-,43-,44-,45?,46?/m0/s1. The predicted molar refractivity (Wildman–Crippen MR) is 263 cm³/mol. The Morgan fingerprint density at radius 2 is 1.01 bits per heavy atom. The van der Waals surface area contributed by atoms with Crippen molar-refractivity contribution in [3.8, 4) is 23.7 Å². The number of amides is 4. The zero-order chi connectivity index (χ0) is 48.5. The van der Waals surface area contributed by atoms with E-state index >= 15 is 0 Å². The van der Waals surface area contributed by atoms with Crippen LogP contribution in [0.25, 0.3) is 43.6 Å². The number of aromatic amines is 2. The molecule has 0 aliphatic carbocycles. The summed E-state index contributed by atoms with van der Waals surface area (Å²) in [6.45, 7) is 6.29. The highest BCUT2D eigenvalue weighted by molar-refractivity contribution is 6.05. The van der Waals surface area contributed by atoms with Gasteiger partial charge in [0, 0.05) is 60.4 Å². The molecule has 70 heavy (non-hydrogen) atoms. The van der Waals surface area contributed by atoms with Crippen LogP contribution >= 0.6 is 0 Å². The van der Waals surface area contributed by atoms with Crippen LogP contribution in [0.1, 0.15) is 100 Å². The lowest BCUT2D eigenvalue weighted by atomic mass is 9.90. The van der Waals surface area contributed by atoms with Gasteiger partial charge in [-0.05, 0) is 136 Å². The molecule has 362 valence electrons. The molecular weight excluding hydrogens is 889 g/mol. The number of benzene rings is 4. The summed E-state index contributed by atoms with van der Waals surface area (Å²) >= 11 is 0. The van der Waals surface area contributed by atoms with Gasteiger partial charge in [0.25, 0.3) is 0 Å². The van der Waals surface area contributed by atoms with Gasteiger partial charge in [0.05, 0.1) is 48.4 Å². The Balaban J connectivity index is 0.844. The number of nitrogens with one attached hydrogen (secondary N) is 4. The minimum Gasteiger partial charge on any atom is -0.453 e. The van der Waals surface area contributed by atoms with Crippen LogP contribution in [0.5, 0.6) is 0 Å². The number of hydrogen-bond donors (Lipinski definition) is 4. The zero-order valence-electron chi connectivity index (χ0n) is 39.9. The Morgan fingerprint density at radius 3 is 1.41 bits per heavy atom. The molecule has 16 nitrogen and oxygen atoms in total. The van der Waals surface area contributed by atoms with Crippen molar-refractivity contribution >= 4 is 67.6 Å². The Morgan fingerprint density at radius 1 is 0.600 bits per heavy atom. The quantitative estimate of drug-likeness (QED) is 0.111. The second-order valence-corrected chi connectivity index (χ2v) is 19.0. The third-order valence-electron chi connectivity index (χ3n) is 14.9. The predicted octanol–water partition coefficient (Wildman–Crippen LogP) is 7.56. The van der Waals surface area contributed by atoms with E-state index in [1.165, 1.54) is 14.2 Å². The van der Waals surface area contributed by atoms with Crippen LogP contribution in [-0.4, -0.2) is 119 Å². The van der Waals surface area contributed by atoms with Gasteiger partial charge in [-0.2, -0.15) is 0 Å². The summed E-state index contributed by atoms with van der Waals surface area (Å²) in [4.78, 5) is 74.5. The van der Waals surface area contributed by atoms with E-state index in [2.05, 4.69) is 58.1 Å². The number of nitrogens with zero attached hydrogens (tertiary/aromatic N) is 4. The van der Waals surface area contributed by atoms with Gasteiger partial charge in [0.15, 0.2) is 0 Å². The molecular formula is C54H58N8O8. The van der Waals surface area contributed by atoms with Crippen LogP contribution in [-0.2, 0) is 28.5 Å². The van der Waals surface area contributed by atoms with Crippen molar-refractivity contribution in [3.63, 3.8) is 0 Å². The minimum atomic E-state index is -0.716. The minimum absolute atomic E-state index is 0.0305. The molecule has 0 saturated carbocycles. The SMILES string of the molecule is COC(=O)NC(C(=O)N1[C@@H](C)CC[C@H]1c1nc2c(ccc3cc(C#CC#Cc4ccc5c(ccc6[nH]c([C@@H]7CC[C@H](C)N7C(=O)C(NC(=O)OC)C7CCOCC7)nc65)c4)ccc32)[nH]1)C1CCOCC1. The van der Waals surface area contributed by atoms with E-state index in [0.29, 0.717) is 52.1 Å². The molecule has 6 heterocycles. The molecule has 4 amide bonds. The van der Waals surface area contributed by atoms with E-state index in [-0.39, 0.29) is 47.8 Å². The maximum absolute atomic E-state index is 14.3. The molecule has 0 spiro atoms. The Bertz CT molecular complexity index is 2900. The average molecular weight is 947 g/mol. The van der Waals surface area contributed by atoms with E-state index in [0.717, 1.165) is 92.1 Å². The summed E-state index contributed by atoms with van der Waals surface area (Å²) in [6, 6.07) is 18.2. The van der Waals surface area contributed by atoms with Crippen LogP contribution in [0.15, 0.2) is 60.7 Å². The highest BCUT2D eigenvalue weighted by Gasteiger charge is 2.45. The number of methoxy groups -OCH3 is 2. The number of ether oxygens (including phenoxy) is 4. The second kappa shape index (κ2) is 20.1. The zero-order valence-corrected chi connectivity index (χ0v) is 39.9. The summed E-state index contributed by atoms with van der Waals surface area (Å²) in [7, 11) is 2.62. The Hall–Kier alpha value is -7.14. The van der Waals surface area contributed by atoms with Gasteiger partial charge in [-0.3, -0.25) is 9.59 Å². The molecule has 4 aliphatic heterocycles. The van der Waals surface area contributed by atoms with E-state index in [9.17, 15) is 19.2 Å². The fraction of sp³-hybridized carbons (Fsp3) is 0.444. The molecule has 4 aliphatic rings. The third-order valence-corrected chi connectivity index (χ3v) is 14.9. The van der Waals surface area contributed by atoms with Crippen molar-refractivity contribution in [2.45, 2.75) is 101 Å². The van der Waals surface area contributed by atoms with Gasteiger partial charge in [-0.1, -0.05) is 36.1 Å². The van der Waals surface area contributed by atoms with Crippen molar-refractivity contribution in [1.29, 1.82) is 0 Å². The second-order valence-electron chi connectivity index (χ2n) is 19.0. The fourth-order valence-electron chi connectivity index (χ4n) is 11.1. The van der Waals surface area contributed by atoms with Crippen molar-refractivity contribution in [3.05, 3.63) is 83.4 Å². The molecule has 0 bridgehead atoms. The maximum atomic E-state index is 14.3. The van der Waals surface area contributed by atoms with E-state index in [1.54, 1.807) is 0 Å². The van der Waals surface area contributed by atoms with Crippen LogP contribution in [0.3, 0.4) is 0 Å². The van der Waals surface area contributed by atoms with Crippen molar-refractivity contribution in [2.24, 2.45) is 11.8 Å². The number of fused-ring (bicyclic) bond motifs is 6. The van der Waals surface area contributed by atoms with Crippen LogP contribution in [0.2, 0.25) is 0 Å². The normalized spacial score (nSPS) is 21.8. The molecule has 10 rings (SSSR count). The van der Waals surface area contributed by atoms with Crippen molar-refractivity contribution in [2.75, 3.05) is 40.6 Å². The molecule has 6 atom stereocenters. The topological polar surface area (TPSA) is 193 Å². The number of carbonyl (C=O) groups is 4. The first-order valence-corrected chi connectivity index (χ1v) is 24.4. The van der Waals surface area contributed by atoms with Crippen LogP contribution < -0.4 is 10.6 Å². The van der Waals surface area contributed by atoms with Gasteiger partial charge >= 0.3 is 12.2 Å². The van der Waals surface area contributed by atoms with Gasteiger partial charge in [-0.15, -0.1) is 0 Å². The fourth-order valence-corrected chi connectivity index (χ4v) is 11.1. The van der Waals surface area contributed by atoms with E-state index < -0.39 is 24.3 Å². The van der Waals surface area contributed by atoms with E-state index in [4.69, 9.17) is 28.9 Å². The largest absolute Gasteiger partial charge is 0.453 e. The molecule has 4 N–H and O–H groups in total. The van der Waals surface area contributed by atoms with Crippen LogP contribution in [0, 0.1) is 35.5 Å². The molecule has 2 aromatic heterocycles. The number of alkyl carbamates (subject to hydrolysis) is 2. The molecule has 4 fully saturated rings. The van der Waals surface area contributed by atoms with Gasteiger partial charge in [0.2, 0.25) is 11.8 Å². The molecule has 0 radical (unpaired) electrons. The Kier molecular flexibility index (Phi) is 13.4. The molecule has 4 aromatic carbocycles. The van der Waals surface area contributed by atoms with Crippen molar-refractivity contribution in [1.82, 2.24) is 40.4 Å². The van der Waals surface area contributed by atoms with Crippen molar-refractivity contribution < 1.29 is 38.1 Å². The highest BCUT2D eigenvalue weighted by Crippen LogP contribution is 2.40. The number of likely N-dealkylation sites (tertiary alicyclic amines) is 2. The monoisotopic (exact) mass is 946 g/mol. The first kappa shape index (κ1) is 46.6. The molecule has 6 aromatic rings. The van der Waals surface area contributed by atoms with Crippen LogP contribution in [0.4, 0.5) is 9.59 Å². The van der Waals surface area contributed by atoms with Gasteiger partial charge in [-0.25, -0.2) is 19.6 Å². The van der Waals surface area contributed by atoms with Gasteiger partial charge in [0.1, 0.15) is 23.7 Å². The summed E-state index contributed by atoms with van der Waals surface area (Å²) in [5, 5.41) is 9.60. The average Bonchev–Trinajstić information content (AvgIpc) is 4.21. The van der Waals surface area contributed by atoms with E-state index in [1.807, 2.05) is 70.5 Å². The number of aromatic nitrogens is 4. The summed E-state index contributed by atoms with van der Waals surface area (Å²) in [5.41, 5.74) is 5.04. The summed E-state index contributed by atoms with van der Waals surface area (Å²) in [5.74, 6) is 13.6. The molecule has 2 unspecified atom stereocenters. The maximum Gasteiger partial charge on any atom is 0.407 e. The third kappa shape index (κ3) is 9.21. The Labute approximate surface area is 405 Å². The first-order valence-electron chi connectivity index (χ1n) is 24.4. The smallest absolute Gasteiger partial charge is 0.407 e. The molecule has 16 heteroatoms. The lowest BCUT2D eigenvalue weighted by Crippen LogP contribution is -2.54. The summed E-state index contributed by atoms with van der Waals surface area (Å²) in [6.07, 6.45) is 4.61. The first-order chi connectivity index (χ1) is 34.1.